The molecule has 22 heavy (non-hydrogen) atoms. The zero-order valence-electron chi connectivity index (χ0n) is 12.4. The Hall–Kier alpha value is -2.23. The number of benzene rings is 1. The quantitative estimate of drug-likeness (QED) is 0.794. The Balaban J connectivity index is 1.80. The number of fused-ring (bicyclic) bond motifs is 2. The van der Waals surface area contributed by atoms with E-state index < -0.39 is 0 Å². The van der Waals surface area contributed by atoms with Crippen molar-refractivity contribution in [2.75, 3.05) is 0 Å². The monoisotopic (exact) mass is 296 g/mol. The fourth-order valence-electron chi connectivity index (χ4n) is 3.88. The average molecular weight is 296 g/mol. The van der Waals surface area contributed by atoms with Crippen molar-refractivity contribution in [2.24, 2.45) is 11.3 Å². The van der Waals surface area contributed by atoms with Gasteiger partial charge >= 0.3 is 0 Å². The highest BCUT2D eigenvalue weighted by Crippen LogP contribution is 2.52. The molecule has 0 saturated heterocycles. The third kappa shape index (κ3) is 1.79. The topological polar surface area (TPSA) is 34.9 Å². The molecule has 2 aliphatic rings. The van der Waals surface area contributed by atoms with Crippen LogP contribution < -0.4 is 0 Å². The molecule has 2 atom stereocenters. The molecule has 0 N–H and O–H groups in total. The number of halogens is 1. The molecular formula is C18H17FN2O. The molecule has 0 amide bonds. The van der Waals surface area contributed by atoms with Crippen LogP contribution in [0.25, 0.3) is 11.8 Å². The SMILES string of the molecule is C[C@]12Cc3cnn(-c4ccc(F)cc4)c3C=C1CC[C@@H]2C=O. The normalized spacial score (nSPS) is 26.3. The van der Waals surface area contributed by atoms with Crippen molar-refractivity contribution in [1.82, 2.24) is 9.78 Å². The molecule has 0 unspecified atom stereocenters. The Bertz CT molecular complexity index is 775. The highest BCUT2D eigenvalue weighted by atomic mass is 19.1. The van der Waals surface area contributed by atoms with Gasteiger partial charge in [0.25, 0.3) is 0 Å². The van der Waals surface area contributed by atoms with Crippen LogP contribution in [0.2, 0.25) is 0 Å². The number of hydrogen-bond acceptors (Lipinski definition) is 2. The lowest BCUT2D eigenvalue weighted by atomic mass is 9.70. The van der Waals surface area contributed by atoms with Crippen LogP contribution in [0.5, 0.6) is 0 Å². The van der Waals surface area contributed by atoms with Crippen molar-refractivity contribution in [1.29, 1.82) is 0 Å². The number of aldehydes is 1. The number of allylic oxidation sites excluding steroid dienone is 1. The highest BCUT2D eigenvalue weighted by molar-refractivity contribution is 5.67. The molecule has 1 aromatic heterocycles. The zero-order chi connectivity index (χ0) is 15.3. The van der Waals surface area contributed by atoms with Crippen LogP contribution in [0.3, 0.4) is 0 Å². The molecule has 1 saturated carbocycles. The summed E-state index contributed by atoms with van der Waals surface area (Å²) in [4.78, 5) is 11.4. The van der Waals surface area contributed by atoms with E-state index >= 15 is 0 Å². The molecule has 1 heterocycles. The van der Waals surface area contributed by atoms with Gasteiger partial charge in [0, 0.05) is 11.3 Å². The van der Waals surface area contributed by atoms with Crippen molar-refractivity contribution in [3.05, 3.63) is 53.1 Å². The van der Waals surface area contributed by atoms with Crippen LogP contribution >= 0.6 is 0 Å². The summed E-state index contributed by atoms with van der Waals surface area (Å²) in [6.07, 6.45) is 7.90. The molecule has 3 nitrogen and oxygen atoms in total. The van der Waals surface area contributed by atoms with E-state index in [2.05, 4.69) is 18.1 Å². The summed E-state index contributed by atoms with van der Waals surface area (Å²) in [6, 6.07) is 6.36. The summed E-state index contributed by atoms with van der Waals surface area (Å²) in [5.74, 6) is -0.151. The molecule has 2 aliphatic carbocycles. The lowest BCUT2D eigenvalue weighted by molar-refractivity contribution is -0.113. The van der Waals surface area contributed by atoms with Gasteiger partial charge in [-0.05, 0) is 55.2 Å². The molecular weight excluding hydrogens is 279 g/mol. The zero-order valence-corrected chi connectivity index (χ0v) is 12.4. The summed E-state index contributed by atoms with van der Waals surface area (Å²) >= 11 is 0. The third-order valence-corrected chi connectivity index (χ3v) is 5.27. The van der Waals surface area contributed by atoms with Crippen LogP contribution in [0, 0.1) is 17.2 Å². The molecule has 1 fully saturated rings. The highest BCUT2D eigenvalue weighted by Gasteiger charge is 2.45. The Morgan fingerprint density at radius 2 is 2.14 bits per heavy atom. The van der Waals surface area contributed by atoms with Crippen molar-refractivity contribution in [3.8, 4) is 5.69 Å². The second-order valence-corrected chi connectivity index (χ2v) is 6.49. The van der Waals surface area contributed by atoms with Gasteiger partial charge < -0.3 is 4.79 Å². The maximum atomic E-state index is 13.1. The van der Waals surface area contributed by atoms with Gasteiger partial charge in [0.2, 0.25) is 0 Å². The Morgan fingerprint density at radius 3 is 2.86 bits per heavy atom. The minimum absolute atomic E-state index is 0.0641. The fraction of sp³-hybridized carbons (Fsp3) is 0.333. The van der Waals surface area contributed by atoms with E-state index in [1.54, 1.807) is 12.1 Å². The number of carbonyl (C=O) groups is 1. The number of rotatable bonds is 2. The Labute approximate surface area is 128 Å². The van der Waals surface area contributed by atoms with Crippen LogP contribution in [0.4, 0.5) is 4.39 Å². The van der Waals surface area contributed by atoms with Crippen LogP contribution in [-0.4, -0.2) is 16.1 Å². The molecule has 0 spiro atoms. The maximum absolute atomic E-state index is 13.1. The largest absolute Gasteiger partial charge is 0.303 e. The van der Waals surface area contributed by atoms with E-state index in [0.29, 0.717) is 0 Å². The predicted molar refractivity (Wildman–Crippen MR) is 82.1 cm³/mol. The molecule has 0 radical (unpaired) electrons. The molecule has 2 aromatic rings. The smallest absolute Gasteiger partial charge is 0.123 e. The Kier molecular flexibility index (Phi) is 2.83. The minimum atomic E-state index is -0.250. The van der Waals surface area contributed by atoms with E-state index in [4.69, 9.17) is 0 Å². The third-order valence-electron chi connectivity index (χ3n) is 5.27. The van der Waals surface area contributed by atoms with Gasteiger partial charge in [0.05, 0.1) is 17.6 Å². The first-order valence-corrected chi connectivity index (χ1v) is 7.61. The lowest BCUT2D eigenvalue weighted by Crippen LogP contribution is -2.29. The Morgan fingerprint density at radius 1 is 1.36 bits per heavy atom. The second kappa shape index (κ2) is 4.63. The van der Waals surface area contributed by atoms with E-state index in [1.165, 1.54) is 17.7 Å². The number of hydrogen-bond donors (Lipinski definition) is 0. The van der Waals surface area contributed by atoms with Crippen LogP contribution in [-0.2, 0) is 11.2 Å². The van der Waals surface area contributed by atoms with Gasteiger partial charge in [-0.1, -0.05) is 12.5 Å². The molecule has 4 heteroatoms. The predicted octanol–water partition coefficient (Wildman–Crippen LogP) is 3.57. The van der Waals surface area contributed by atoms with Gasteiger partial charge in [-0.2, -0.15) is 5.10 Å². The number of nitrogens with zero attached hydrogens (tertiary/aromatic N) is 2. The summed E-state index contributed by atoms with van der Waals surface area (Å²) < 4.78 is 15.0. The summed E-state index contributed by atoms with van der Waals surface area (Å²) in [7, 11) is 0. The molecule has 4 rings (SSSR count). The maximum Gasteiger partial charge on any atom is 0.123 e. The standard InChI is InChI=1S/C18H17FN2O/c1-18-9-12-10-20-21(16-6-4-15(19)5-7-16)17(12)8-13(18)2-3-14(18)11-22/h4-8,10-11,14H,2-3,9H2,1H3/t14-,18+/m1/s1. The van der Waals surface area contributed by atoms with Gasteiger partial charge in [0.1, 0.15) is 12.1 Å². The molecule has 112 valence electrons. The minimum Gasteiger partial charge on any atom is -0.303 e. The van der Waals surface area contributed by atoms with E-state index in [1.807, 2.05) is 10.9 Å². The second-order valence-electron chi connectivity index (χ2n) is 6.49. The van der Waals surface area contributed by atoms with Crippen molar-refractivity contribution >= 4 is 12.4 Å². The van der Waals surface area contributed by atoms with Gasteiger partial charge in [-0.25, -0.2) is 9.07 Å². The average Bonchev–Trinajstić information content (AvgIpc) is 3.05. The van der Waals surface area contributed by atoms with Crippen LogP contribution in [0.1, 0.15) is 31.0 Å². The summed E-state index contributed by atoms with van der Waals surface area (Å²) in [5.41, 5.74) is 4.34. The van der Waals surface area contributed by atoms with Crippen molar-refractivity contribution < 1.29 is 9.18 Å². The lowest BCUT2D eigenvalue weighted by Gasteiger charge is -2.33. The van der Waals surface area contributed by atoms with Crippen molar-refractivity contribution in [2.45, 2.75) is 26.2 Å². The molecule has 0 aliphatic heterocycles. The van der Waals surface area contributed by atoms with E-state index in [-0.39, 0.29) is 17.2 Å². The van der Waals surface area contributed by atoms with Gasteiger partial charge in [-0.15, -0.1) is 0 Å². The fourth-order valence-corrected chi connectivity index (χ4v) is 3.88. The summed E-state index contributed by atoms with van der Waals surface area (Å²) in [5, 5.41) is 4.47. The number of carbonyl (C=O) groups excluding carboxylic acids is 1. The van der Waals surface area contributed by atoms with E-state index in [0.717, 1.165) is 42.5 Å². The number of aromatic nitrogens is 2. The van der Waals surface area contributed by atoms with Crippen LogP contribution in [0.15, 0.2) is 36.0 Å². The molecule has 1 aromatic carbocycles. The van der Waals surface area contributed by atoms with Gasteiger partial charge in [0.15, 0.2) is 0 Å². The van der Waals surface area contributed by atoms with Gasteiger partial charge in [-0.3, -0.25) is 0 Å². The van der Waals surface area contributed by atoms with Crippen molar-refractivity contribution in [3.63, 3.8) is 0 Å². The first-order chi connectivity index (χ1) is 10.6. The first-order valence-electron chi connectivity index (χ1n) is 7.61. The summed E-state index contributed by atoms with van der Waals surface area (Å²) in [6.45, 7) is 2.18. The van der Waals surface area contributed by atoms with E-state index in [9.17, 15) is 9.18 Å². The molecule has 0 bridgehead atoms. The first kappa shape index (κ1) is 13.4.